The predicted molar refractivity (Wildman–Crippen MR) is 61.7 cm³/mol. The Hall–Kier alpha value is -1.10. The van der Waals surface area contributed by atoms with Crippen LogP contribution < -0.4 is 5.73 Å². The molecule has 0 unspecified atom stereocenters. The van der Waals surface area contributed by atoms with Gasteiger partial charge in [0.05, 0.1) is 6.54 Å². The lowest BCUT2D eigenvalue weighted by molar-refractivity contribution is -0.134. The number of hydrogen-bond donors (Lipinski definition) is 1. The zero-order valence-electron chi connectivity index (χ0n) is 10.1. The fourth-order valence-corrected chi connectivity index (χ4v) is 2.21. The first kappa shape index (κ1) is 13.0. The normalized spacial score (nSPS) is 19.9. The Kier molecular flexibility index (Phi) is 4.73. The third-order valence-electron chi connectivity index (χ3n) is 3.13. The summed E-state index contributed by atoms with van der Waals surface area (Å²) in [6, 6.07) is 0.153. The van der Waals surface area contributed by atoms with Crippen molar-refractivity contribution in [3.63, 3.8) is 0 Å². The van der Waals surface area contributed by atoms with Crippen LogP contribution in [0.3, 0.4) is 0 Å². The minimum atomic E-state index is -0.0119. The molecule has 1 rings (SSSR count). The van der Waals surface area contributed by atoms with Crippen molar-refractivity contribution in [1.82, 2.24) is 9.80 Å². The van der Waals surface area contributed by atoms with E-state index in [0.29, 0.717) is 13.1 Å². The van der Waals surface area contributed by atoms with Crippen LogP contribution >= 0.6 is 0 Å². The Morgan fingerprint density at radius 2 is 2.19 bits per heavy atom. The molecule has 0 bridgehead atoms. The molecule has 16 heavy (non-hydrogen) atoms. The lowest BCUT2D eigenvalue weighted by Crippen LogP contribution is -2.46. The zero-order valence-corrected chi connectivity index (χ0v) is 10.1. The number of likely N-dealkylation sites (N-methyl/N-ethyl adjacent to an activating group) is 1. The Morgan fingerprint density at radius 3 is 2.69 bits per heavy atom. The summed E-state index contributed by atoms with van der Waals surface area (Å²) in [5.74, 6) is 0.0525. The van der Waals surface area contributed by atoms with Crippen LogP contribution in [0.2, 0.25) is 0 Å². The Morgan fingerprint density at radius 1 is 1.50 bits per heavy atom. The molecule has 1 saturated heterocycles. The van der Waals surface area contributed by atoms with Crippen molar-refractivity contribution >= 4 is 11.8 Å². The monoisotopic (exact) mass is 227 g/mol. The van der Waals surface area contributed by atoms with Crippen LogP contribution in [0.4, 0.5) is 0 Å². The predicted octanol–water partition coefficient (Wildman–Crippen LogP) is -0.195. The molecule has 0 aromatic heterocycles. The molecule has 0 radical (unpaired) electrons. The number of nitrogens with two attached hydrogens (primary N) is 1. The second-order valence-electron chi connectivity index (χ2n) is 4.14. The number of nitrogens with zero attached hydrogens (tertiary/aromatic N) is 2. The van der Waals surface area contributed by atoms with Gasteiger partial charge in [0.25, 0.3) is 0 Å². The summed E-state index contributed by atoms with van der Waals surface area (Å²) >= 11 is 0. The van der Waals surface area contributed by atoms with E-state index in [1.807, 2.05) is 11.8 Å². The number of likely N-dealkylation sites (tertiary alicyclic amines) is 1. The van der Waals surface area contributed by atoms with Crippen LogP contribution in [0.1, 0.15) is 26.7 Å². The lowest BCUT2D eigenvalue weighted by Gasteiger charge is -2.29. The summed E-state index contributed by atoms with van der Waals surface area (Å²) in [6.07, 6.45) is 1.97. The Bertz CT molecular complexity index is 268. The largest absolute Gasteiger partial charge is 0.341 e. The molecular weight excluding hydrogens is 206 g/mol. The van der Waals surface area contributed by atoms with Gasteiger partial charge in [0, 0.05) is 32.6 Å². The van der Waals surface area contributed by atoms with E-state index in [1.165, 1.54) is 0 Å². The van der Waals surface area contributed by atoms with Gasteiger partial charge in [-0.15, -0.1) is 0 Å². The SMILES string of the molecule is CCN(C[C@H]1CCCN1C(=O)CN)C(C)=O. The quantitative estimate of drug-likeness (QED) is 0.723. The highest BCUT2D eigenvalue weighted by Crippen LogP contribution is 2.18. The van der Waals surface area contributed by atoms with E-state index in [4.69, 9.17) is 5.73 Å². The van der Waals surface area contributed by atoms with Crippen molar-refractivity contribution in [2.45, 2.75) is 32.7 Å². The third kappa shape index (κ3) is 2.95. The molecule has 0 spiro atoms. The molecule has 5 heteroatoms. The molecule has 0 aliphatic carbocycles. The molecule has 1 aliphatic rings. The van der Waals surface area contributed by atoms with Gasteiger partial charge in [-0.2, -0.15) is 0 Å². The maximum atomic E-state index is 11.6. The average molecular weight is 227 g/mol. The average Bonchev–Trinajstić information content (AvgIpc) is 2.72. The first-order valence-corrected chi connectivity index (χ1v) is 5.85. The molecule has 1 heterocycles. The Balaban J connectivity index is 2.58. The number of hydrogen-bond acceptors (Lipinski definition) is 3. The molecule has 0 aromatic carbocycles. The second kappa shape index (κ2) is 5.84. The minimum absolute atomic E-state index is 0.0119. The molecule has 1 atom stereocenters. The van der Waals surface area contributed by atoms with Crippen LogP contribution in [-0.2, 0) is 9.59 Å². The van der Waals surface area contributed by atoms with Crippen molar-refractivity contribution in [3.05, 3.63) is 0 Å². The van der Waals surface area contributed by atoms with Crippen LogP contribution in [0.15, 0.2) is 0 Å². The third-order valence-corrected chi connectivity index (χ3v) is 3.13. The standard InChI is InChI=1S/C11H21N3O2/c1-3-13(9(2)15)8-10-5-4-6-14(10)11(16)7-12/h10H,3-8,12H2,1-2H3/t10-/m1/s1. The fraction of sp³-hybridized carbons (Fsp3) is 0.818. The molecular formula is C11H21N3O2. The first-order chi connectivity index (χ1) is 7.60. The summed E-state index contributed by atoms with van der Waals surface area (Å²) in [5, 5.41) is 0. The minimum Gasteiger partial charge on any atom is -0.341 e. The molecule has 1 aliphatic heterocycles. The second-order valence-corrected chi connectivity index (χ2v) is 4.14. The van der Waals surface area contributed by atoms with E-state index < -0.39 is 0 Å². The number of carbonyl (C=O) groups is 2. The highest BCUT2D eigenvalue weighted by atomic mass is 16.2. The van der Waals surface area contributed by atoms with Crippen molar-refractivity contribution < 1.29 is 9.59 Å². The highest BCUT2D eigenvalue weighted by Gasteiger charge is 2.29. The summed E-state index contributed by atoms with van der Waals surface area (Å²) in [6.45, 7) is 5.67. The van der Waals surface area contributed by atoms with Crippen LogP contribution in [0, 0.1) is 0 Å². The molecule has 2 amide bonds. The van der Waals surface area contributed by atoms with Gasteiger partial charge in [-0.3, -0.25) is 9.59 Å². The van der Waals surface area contributed by atoms with E-state index in [0.717, 1.165) is 19.4 Å². The van der Waals surface area contributed by atoms with Gasteiger partial charge in [-0.25, -0.2) is 0 Å². The van der Waals surface area contributed by atoms with Crippen molar-refractivity contribution in [2.75, 3.05) is 26.2 Å². The van der Waals surface area contributed by atoms with Gasteiger partial charge in [0.2, 0.25) is 11.8 Å². The molecule has 2 N–H and O–H groups in total. The van der Waals surface area contributed by atoms with Crippen LogP contribution in [0.25, 0.3) is 0 Å². The van der Waals surface area contributed by atoms with Crippen molar-refractivity contribution in [1.29, 1.82) is 0 Å². The van der Waals surface area contributed by atoms with Crippen molar-refractivity contribution in [2.24, 2.45) is 5.73 Å². The van der Waals surface area contributed by atoms with E-state index in [2.05, 4.69) is 0 Å². The van der Waals surface area contributed by atoms with Crippen LogP contribution in [0.5, 0.6) is 0 Å². The van der Waals surface area contributed by atoms with Gasteiger partial charge in [-0.05, 0) is 19.8 Å². The Labute approximate surface area is 96.6 Å². The van der Waals surface area contributed by atoms with Gasteiger partial charge in [0.1, 0.15) is 0 Å². The van der Waals surface area contributed by atoms with Gasteiger partial charge >= 0.3 is 0 Å². The van der Waals surface area contributed by atoms with E-state index in [9.17, 15) is 9.59 Å². The van der Waals surface area contributed by atoms with Gasteiger partial charge < -0.3 is 15.5 Å². The van der Waals surface area contributed by atoms with Gasteiger partial charge in [-0.1, -0.05) is 0 Å². The van der Waals surface area contributed by atoms with Gasteiger partial charge in [0.15, 0.2) is 0 Å². The molecule has 0 aromatic rings. The first-order valence-electron chi connectivity index (χ1n) is 5.85. The smallest absolute Gasteiger partial charge is 0.236 e. The summed E-state index contributed by atoms with van der Waals surface area (Å²) in [5.41, 5.74) is 5.37. The fourth-order valence-electron chi connectivity index (χ4n) is 2.21. The molecule has 1 fully saturated rings. The summed E-state index contributed by atoms with van der Waals surface area (Å²) < 4.78 is 0. The number of carbonyl (C=O) groups excluding carboxylic acids is 2. The van der Waals surface area contributed by atoms with Crippen molar-refractivity contribution in [3.8, 4) is 0 Å². The highest BCUT2D eigenvalue weighted by molar-refractivity contribution is 5.79. The maximum absolute atomic E-state index is 11.6. The number of amides is 2. The molecule has 0 saturated carbocycles. The lowest BCUT2D eigenvalue weighted by atomic mass is 10.2. The molecule has 5 nitrogen and oxygen atoms in total. The zero-order chi connectivity index (χ0) is 12.1. The summed E-state index contributed by atoms with van der Waals surface area (Å²) in [7, 11) is 0. The van der Waals surface area contributed by atoms with E-state index in [-0.39, 0.29) is 24.4 Å². The van der Waals surface area contributed by atoms with E-state index in [1.54, 1.807) is 11.8 Å². The van der Waals surface area contributed by atoms with Crippen LogP contribution in [-0.4, -0.2) is 53.8 Å². The molecule has 92 valence electrons. The topological polar surface area (TPSA) is 66.6 Å². The maximum Gasteiger partial charge on any atom is 0.236 e. The number of rotatable bonds is 4. The summed E-state index contributed by atoms with van der Waals surface area (Å²) in [4.78, 5) is 26.4. The van der Waals surface area contributed by atoms with E-state index >= 15 is 0 Å².